The number of nitrogens with one attached hydrogen (secondary N) is 2. The maximum atomic E-state index is 5.51. The van der Waals surface area contributed by atoms with Gasteiger partial charge in [-0.2, -0.15) is 0 Å². The molecule has 0 fully saturated rings. The van der Waals surface area contributed by atoms with E-state index in [1.807, 2.05) is 24.3 Å². The lowest BCUT2D eigenvalue weighted by atomic mass is 10.2. The number of anilines is 1. The van der Waals surface area contributed by atoms with Crippen molar-refractivity contribution in [2.24, 2.45) is 10.7 Å². The van der Waals surface area contributed by atoms with E-state index in [0.29, 0.717) is 6.54 Å². The van der Waals surface area contributed by atoms with Gasteiger partial charge in [-0.3, -0.25) is 4.99 Å². The molecule has 0 bridgehead atoms. The maximum Gasteiger partial charge on any atom is 0.195 e. The number of hydrogen-bond donors (Lipinski definition) is 3. The fraction of sp³-hybridized carbons (Fsp3) is 0.300. The SMILES string of the molecule is NCc1ccc(NC2=NCCN2)cc1. The predicted molar refractivity (Wildman–Crippen MR) is 58.3 cm³/mol. The molecule has 0 aromatic heterocycles. The van der Waals surface area contributed by atoms with Crippen LogP contribution >= 0.6 is 0 Å². The predicted octanol–water partition coefficient (Wildman–Crippen LogP) is 0.516. The van der Waals surface area contributed by atoms with Crippen molar-refractivity contribution in [3.05, 3.63) is 29.8 Å². The quantitative estimate of drug-likeness (QED) is 0.637. The fourth-order valence-corrected chi connectivity index (χ4v) is 1.34. The van der Waals surface area contributed by atoms with Gasteiger partial charge in [-0.15, -0.1) is 0 Å². The van der Waals surface area contributed by atoms with Crippen molar-refractivity contribution in [1.29, 1.82) is 0 Å². The van der Waals surface area contributed by atoms with E-state index in [4.69, 9.17) is 5.73 Å². The van der Waals surface area contributed by atoms with Crippen LogP contribution in [0, 0.1) is 0 Å². The number of aliphatic imine (C=N–C) groups is 1. The number of nitrogens with zero attached hydrogens (tertiary/aromatic N) is 1. The first-order valence-corrected chi connectivity index (χ1v) is 4.73. The summed E-state index contributed by atoms with van der Waals surface area (Å²) in [7, 11) is 0. The molecule has 4 N–H and O–H groups in total. The molecular weight excluding hydrogens is 176 g/mol. The molecule has 0 saturated heterocycles. The second kappa shape index (κ2) is 4.11. The van der Waals surface area contributed by atoms with Gasteiger partial charge in [0.25, 0.3) is 0 Å². The van der Waals surface area contributed by atoms with Crippen molar-refractivity contribution >= 4 is 11.6 Å². The molecule has 2 rings (SSSR count). The minimum absolute atomic E-state index is 0.583. The van der Waals surface area contributed by atoms with Crippen molar-refractivity contribution in [3.8, 4) is 0 Å². The highest BCUT2D eigenvalue weighted by atomic mass is 15.2. The van der Waals surface area contributed by atoms with E-state index in [1.54, 1.807) is 0 Å². The lowest BCUT2D eigenvalue weighted by Crippen LogP contribution is -2.26. The third kappa shape index (κ3) is 2.03. The molecule has 1 aromatic carbocycles. The largest absolute Gasteiger partial charge is 0.354 e. The Kier molecular flexibility index (Phi) is 2.65. The van der Waals surface area contributed by atoms with E-state index in [-0.39, 0.29) is 0 Å². The molecule has 1 aromatic rings. The zero-order valence-corrected chi connectivity index (χ0v) is 7.96. The van der Waals surface area contributed by atoms with Crippen LogP contribution in [0.25, 0.3) is 0 Å². The number of guanidine groups is 1. The van der Waals surface area contributed by atoms with Gasteiger partial charge in [0.15, 0.2) is 5.96 Å². The van der Waals surface area contributed by atoms with Crippen LogP contribution in [-0.2, 0) is 6.54 Å². The fourth-order valence-electron chi connectivity index (χ4n) is 1.34. The van der Waals surface area contributed by atoms with Gasteiger partial charge in [0.2, 0.25) is 0 Å². The van der Waals surface area contributed by atoms with Crippen molar-refractivity contribution in [1.82, 2.24) is 5.32 Å². The topological polar surface area (TPSA) is 62.4 Å². The second-order valence-corrected chi connectivity index (χ2v) is 3.18. The molecule has 74 valence electrons. The average Bonchev–Trinajstić information content (AvgIpc) is 2.72. The lowest BCUT2D eigenvalue weighted by Gasteiger charge is -2.06. The van der Waals surface area contributed by atoms with Gasteiger partial charge < -0.3 is 16.4 Å². The zero-order valence-electron chi connectivity index (χ0n) is 7.96. The summed E-state index contributed by atoms with van der Waals surface area (Å²) in [5.74, 6) is 0.852. The molecule has 0 radical (unpaired) electrons. The van der Waals surface area contributed by atoms with Gasteiger partial charge in [0.05, 0.1) is 6.54 Å². The van der Waals surface area contributed by atoms with Crippen LogP contribution in [0.2, 0.25) is 0 Å². The van der Waals surface area contributed by atoms with Crippen LogP contribution in [0.15, 0.2) is 29.3 Å². The summed E-state index contributed by atoms with van der Waals surface area (Å²) in [5.41, 5.74) is 7.68. The number of benzene rings is 1. The normalized spacial score (nSPS) is 14.8. The molecule has 4 heteroatoms. The zero-order chi connectivity index (χ0) is 9.80. The molecule has 1 heterocycles. The Morgan fingerprint density at radius 1 is 1.36 bits per heavy atom. The Bertz CT molecular complexity index is 328. The molecule has 0 unspecified atom stereocenters. The standard InChI is InChI=1S/C10H14N4/c11-7-8-1-3-9(4-2-8)14-10-12-5-6-13-10/h1-4H,5-7,11H2,(H2,12,13,14). The summed E-state index contributed by atoms with van der Waals surface area (Å²) in [6.07, 6.45) is 0. The molecule has 0 spiro atoms. The molecule has 1 aliphatic heterocycles. The minimum atomic E-state index is 0.583. The summed E-state index contributed by atoms with van der Waals surface area (Å²) in [4.78, 5) is 4.24. The Hall–Kier alpha value is -1.55. The van der Waals surface area contributed by atoms with E-state index < -0.39 is 0 Å². The molecule has 0 amide bonds. The van der Waals surface area contributed by atoms with Crippen LogP contribution in [0.3, 0.4) is 0 Å². The number of nitrogens with two attached hydrogens (primary N) is 1. The van der Waals surface area contributed by atoms with Crippen LogP contribution in [0.1, 0.15) is 5.56 Å². The average molecular weight is 190 g/mol. The molecule has 4 nitrogen and oxygen atoms in total. The first-order valence-electron chi connectivity index (χ1n) is 4.73. The van der Waals surface area contributed by atoms with E-state index >= 15 is 0 Å². The third-order valence-corrected chi connectivity index (χ3v) is 2.13. The van der Waals surface area contributed by atoms with E-state index in [9.17, 15) is 0 Å². The summed E-state index contributed by atoms with van der Waals surface area (Å²) in [5, 5.41) is 6.34. The van der Waals surface area contributed by atoms with Crippen LogP contribution in [-0.4, -0.2) is 19.0 Å². The molecule has 0 saturated carbocycles. The first-order chi connectivity index (χ1) is 6.88. The Morgan fingerprint density at radius 2 is 2.14 bits per heavy atom. The summed E-state index contributed by atoms with van der Waals surface area (Å²) in [6.45, 7) is 2.35. The van der Waals surface area contributed by atoms with Gasteiger partial charge in [0, 0.05) is 18.8 Å². The van der Waals surface area contributed by atoms with Crippen molar-refractivity contribution in [3.63, 3.8) is 0 Å². The van der Waals surface area contributed by atoms with Crippen molar-refractivity contribution < 1.29 is 0 Å². The molecular formula is C10H14N4. The van der Waals surface area contributed by atoms with E-state index in [1.165, 1.54) is 0 Å². The molecule has 0 atom stereocenters. The molecule has 14 heavy (non-hydrogen) atoms. The summed E-state index contributed by atoms with van der Waals surface area (Å²) < 4.78 is 0. The van der Waals surface area contributed by atoms with Crippen LogP contribution < -0.4 is 16.4 Å². The first kappa shape index (κ1) is 9.02. The monoisotopic (exact) mass is 190 g/mol. The molecule has 0 aliphatic carbocycles. The Balaban J connectivity index is 2.02. The number of rotatable bonds is 2. The smallest absolute Gasteiger partial charge is 0.195 e. The lowest BCUT2D eigenvalue weighted by molar-refractivity contribution is 0.959. The maximum absolute atomic E-state index is 5.51. The minimum Gasteiger partial charge on any atom is -0.354 e. The van der Waals surface area contributed by atoms with Crippen LogP contribution in [0.5, 0.6) is 0 Å². The van der Waals surface area contributed by atoms with E-state index in [0.717, 1.165) is 30.3 Å². The van der Waals surface area contributed by atoms with Crippen LogP contribution in [0.4, 0.5) is 5.69 Å². The van der Waals surface area contributed by atoms with Gasteiger partial charge in [-0.05, 0) is 17.7 Å². The van der Waals surface area contributed by atoms with Crippen molar-refractivity contribution in [2.45, 2.75) is 6.54 Å². The van der Waals surface area contributed by atoms with Gasteiger partial charge in [-0.25, -0.2) is 0 Å². The highest BCUT2D eigenvalue weighted by molar-refractivity contribution is 5.94. The number of hydrogen-bond acceptors (Lipinski definition) is 4. The highest BCUT2D eigenvalue weighted by Gasteiger charge is 2.03. The Morgan fingerprint density at radius 3 is 2.71 bits per heavy atom. The van der Waals surface area contributed by atoms with Crippen molar-refractivity contribution in [2.75, 3.05) is 18.4 Å². The summed E-state index contributed by atoms with van der Waals surface area (Å²) >= 11 is 0. The Labute approximate surface area is 83.2 Å². The second-order valence-electron chi connectivity index (χ2n) is 3.18. The van der Waals surface area contributed by atoms with Gasteiger partial charge in [-0.1, -0.05) is 12.1 Å². The van der Waals surface area contributed by atoms with Gasteiger partial charge in [0.1, 0.15) is 0 Å². The van der Waals surface area contributed by atoms with E-state index in [2.05, 4.69) is 15.6 Å². The third-order valence-electron chi connectivity index (χ3n) is 2.13. The molecule has 1 aliphatic rings. The highest BCUT2D eigenvalue weighted by Crippen LogP contribution is 2.09. The van der Waals surface area contributed by atoms with Gasteiger partial charge >= 0.3 is 0 Å². The summed E-state index contributed by atoms with van der Waals surface area (Å²) in [6, 6.07) is 8.03.